The number of carboxylic acid groups (broad SMARTS) is 1. The predicted molar refractivity (Wildman–Crippen MR) is 84.7 cm³/mol. The Hall–Kier alpha value is -2.12. The van der Waals surface area contributed by atoms with E-state index in [2.05, 4.69) is 5.16 Å². The van der Waals surface area contributed by atoms with Crippen LogP contribution in [0.25, 0.3) is 0 Å². The van der Waals surface area contributed by atoms with E-state index in [-0.39, 0.29) is 23.0 Å². The highest BCUT2D eigenvalue weighted by molar-refractivity contribution is 6.30. The van der Waals surface area contributed by atoms with Crippen LogP contribution in [0, 0.1) is 5.82 Å². The zero-order chi connectivity index (χ0) is 17.3. The van der Waals surface area contributed by atoms with E-state index in [1.165, 1.54) is 12.1 Å². The van der Waals surface area contributed by atoms with Crippen LogP contribution in [0.1, 0.15) is 36.1 Å². The first-order valence-corrected chi connectivity index (χ1v) is 7.91. The van der Waals surface area contributed by atoms with Gasteiger partial charge in [0.25, 0.3) is 5.56 Å². The van der Waals surface area contributed by atoms with Crippen molar-refractivity contribution < 1.29 is 18.8 Å². The molecule has 24 heavy (non-hydrogen) atoms. The van der Waals surface area contributed by atoms with Gasteiger partial charge in [-0.15, -0.1) is 0 Å². The maximum absolute atomic E-state index is 14.3. The molecule has 1 aliphatic heterocycles. The standard InChI is InChI=1S/C16H16ClFN2O4/c17-10-1-2-11(12(18)6-10)13-5-9(14-7-15(21)19-24-14)3-4-20(13)8-16(22)23/h1-2,6-7,9,13H,3-5,8H2,(H,19,21)(H,22,23). The number of aliphatic carboxylic acids is 1. The number of hydrogen-bond acceptors (Lipinski definition) is 4. The van der Waals surface area contributed by atoms with Gasteiger partial charge in [0.15, 0.2) is 0 Å². The van der Waals surface area contributed by atoms with Crippen LogP contribution >= 0.6 is 11.6 Å². The first-order chi connectivity index (χ1) is 11.4. The highest BCUT2D eigenvalue weighted by atomic mass is 35.5. The molecule has 0 radical (unpaired) electrons. The van der Waals surface area contributed by atoms with E-state index < -0.39 is 17.8 Å². The highest BCUT2D eigenvalue weighted by Gasteiger charge is 2.34. The minimum atomic E-state index is -0.971. The lowest BCUT2D eigenvalue weighted by Gasteiger charge is -2.38. The molecule has 1 fully saturated rings. The number of aromatic nitrogens is 1. The van der Waals surface area contributed by atoms with Gasteiger partial charge in [-0.1, -0.05) is 17.7 Å². The van der Waals surface area contributed by atoms with Crippen molar-refractivity contribution in [2.45, 2.75) is 24.8 Å². The van der Waals surface area contributed by atoms with Crippen molar-refractivity contribution in [1.82, 2.24) is 10.1 Å². The van der Waals surface area contributed by atoms with Crippen molar-refractivity contribution in [3.05, 3.63) is 56.8 Å². The average Bonchev–Trinajstić information content (AvgIpc) is 2.94. The minimum Gasteiger partial charge on any atom is -0.480 e. The van der Waals surface area contributed by atoms with Crippen molar-refractivity contribution >= 4 is 17.6 Å². The van der Waals surface area contributed by atoms with Gasteiger partial charge < -0.3 is 9.63 Å². The van der Waals surface area contributed by atoms with Gasteiger partial charge >= 0.3 is 5.97 Å². The highest BCUT2D eigenvalue weighted by Crippen LogP contribution is 2.40. The monoisotopic (exact) mass is 354 g/mol. The summed E-state index contributed by atoms with van der Waals surface area (Å²) in [5.41, 5.74) is 0.0652. The lowest BCUT2D eigenvalue weighted by Crippen LogP contribution is -2.39. The molecule has 6 nitrogen and oxygen atoms in total. The molecular weight excluding hydrogens is 339 g/mol. The largest absolute Gasteiger partial charge is 0.480 e. The summed E-state index contributed by atoms with van der Waals surface area (Å²) in [6, 6.07) is 5.33. The third-order valence-corrected chi connectivity index (χ3v) is 4.55. The van der Waals surface area contributed by atoms with Crippen LogP contribution in [-0.2, 0) is 4.79 Å². The van der Waals surface area contributed by atoms with Crippen molar-refractivity contribution in [1.29, 1.82) is 0 Å². The van der Waals surface area contributed by atoms with Gasteiger partial charge in [-0.3, -0.25) is 14.5 Å². The number of nitrogens with zero attached hydrogens (tertiary/aromatic N) is 1. The van der Waals surface area contributed by atoms with E-state index in [9.17, 15) is 14.0 Å². The number of likely N-dealkylation sites (tertiary alicyclic amines) is 1. The smallest absolute Gasteiger partial charge is 0.317 e. The maximum Gasteiger partial charge on any atom is 0.317 e. The predicted octanol–water partition coefficient (Wildman–Crippen LogP) is 2.77. The Balaban J connectivity index is 1.91. The summed E-state index contributed by atoms with van der Waals surface area (Å²) in [4.78, 5) is 24.1. The molecule has 0 amide bonds. The van der Waals surface area contributed by atoms with Crippen LogP contribution in [0.2, 0.25) is 5.02 Å². The summed E-state index contributed by atoms with van der Waals surface area (Å²) >= 11 is 5.80. The second-order valence-electron chi connectivity index (χ2n) is 5.88. The molecule has 8 heteroatoms. The molecule has 128 valence electrons. The topological polar surface area (TPSA) is 86.5 Å². The van der Waals surface area contributed by atoms with Gasteiger partial charge in [0.05, 0.1) is 6.54 Å². The molecule has 0 bridgehead atoms. The molecule has 0 saturated carbocycles. The van der Waals surface area contributed by atoms with Crippen molar-refractivity contribution in [3.63, 3.8) is 0 Å². The Bertz CT molecular complexity index is 803. The maximum atomic E-state index is 14.3. The fourth-order valence-corrected chi connectivity index (χ4v) is 3.39. The zero-order valence-corrected chi connectivity index (χ0v) is 13.4. The number of carboxylic acids is 1. The summed E-state index contributed by atoms with van der Waals surface area (Å²) in [5.74, 6) is -1.02. The Morgan fingerprint density at radius 1 is 1.46 bits per heavy atom. The number of nitrogens with one attached hydrogen (secondary N) is 1. The van der Waals surface area contributed by atoms with Crippen LogP contribution in [0.4, 0.5) is 4.39 Å². The number of H-pyrrole nitrogens is 1. The van der Waals surface area contributed by atoms with E-state index in [1.807, 2.05) is 0 Å². The van der Waals surface area contributed by atoms with Gasteiger partial charge in [-0.05, 0) is 25.0 Å². The summed E-state index contributed by atoms with van der Waals surface area (Å²) in [5, 5.41) is 11.6. The van der Waals surface area contributed by atoms with Crippen LogP contribution in [0.5, 0.6) is 0 Å². The summed E-state index contributed by atoms with van der Waals surface area (Å²) < 4.78 is 19.5. The van der Waals surface area contributed by atoms with E-state index in [1.54, 1.807) is 17.0 Å². The van der Waals surface area contributed by atoms with Gasteiger partial charge in [0.1, 0.15) is 11.6 Å². The van der Waals surface area contributed by atoms with Crippen LogP contribution in [0.15, 0.2) is 33.6 Å². The SMILES string of the molecule is O=C(O)CN1CCC(c2cc(=O)[nH]o2)CC1c1ccc(Cl)cc1F. The van der Waals surface area contributed by atoms with E-state index >= 15 is 0 Å². The first-order valence-electron chi connectivity index (χ1n) is 7.53. The van der Waals surface area contributed by atoms with Crippen LogP contribution in [-0.4, -0.2) is 34.2 Å². The number of halogens is 2. The molecule has 0 aliphatic carbocycles. The number of carbonyl (C=O) groups is 1. The summed E-state index contributed by atoms with van der Waals surface area (Å²) in [6.07, 6.45) is 1.08. The van der Waals surface area contributed by atoms with E-state index in [0.717, 1.165) is 0 Å². The molecule has 0 spiro atoms. The van der Waals surface area contributed by atoms with E-state index in [0.29, 0.717) is 30.7 Å². The fraction of sp³-hybridized carbons (Fsp3) is 0.375. The second kappa shape index (κ2) is 6.78. The molecule has 2 N–H and O–H groups in total. The minimum absolute atomic E-state index is 0.0888. The average molecular weight is 355 g/mol. The van der Waals surface area contributed by atoms with Crippen molar-refractivity contribution in [2.24, 2.45) is 0 Å². The lowest BCUT2D eigenvalue weighted by atomic mass is 9.85. The van der Waals surface area contributed by atoms with Crippen molar-refractivity contribution in [3.8, 4) is 0 Å². The number of aromatic amines is 1. The Kier molecular flexibility index (Phi) is 4.73. The molecule has 1 aromatic heterocycles. The molecule has 1 aliphatic rings. The molecule has 2 atom stereocenters. The molecule has 2 aromatic rings. The van der Waals surface area contributed by atoms with Gasteiger partial charge in [0, 0.05) is 35.2 Å². The van der Waals surface area contributed by atoms with E-state index in [4.69, 9.17) is 21.2 Å². The Labute approximate surface area is 141 Å². The normalized spacial score (nSPS) is 21.8. The zero-order valence-electron chi connectivity index (χ0n) is 12.7. The second-order valence-corrected chi connectivity index (χ2v) is 6.32. The van der Waals surface area contributed by atoms with Gasteiger partial charge in [-0.25, -0.2) is 4.39 Å². The first kappa shape index (κ1) is 16.7. The number of rotatable bonds is 4. The third kappa shape index (κ3) is 3.52. The Morgan fingerprint density at radius 2 is 2.25 bits per heavy atom. The lowest BCUT2D eigenvalue weighted by molar-refractivity contribution is -0.139. The van der Waals surface area contributed by atoms with Crippen LogP contribution < -0.4 is 5.56 Å². The number of hydrogen-bond donors (Lipinski definition) is 2. The molecule has 1 saturated heterocycles. The number of benzene rings is 1. The molecule has 1 aromatic carbocycles. The molecule has 3 rings (SSSR count). The fourth-order valence-electron chi connectivity index (χ4n) is 3.23. The quantitative estimate of drug-likeness (QED) is 0.881. The number of piperidine rings is 1. The third-order valence-electron chi connectivity index (χ3n) is 4.32. The molecular formula is C16H16ClFN2O4. The van der Waals surface area contributed by atoms with Crippen LogP contribution in [0.3, 0.4) is 0 Å². The summed E-state index contributed by atoms with van der Waals surface area (Å²) in [7, 11) is 0. The van der Waals surface area contributed by atoms with Crippen molar-refractivity contribution in [2.75, 3.05) is 13.1 Å². The summed E-state index contributed by atoms with van der Waals surface area (Å²) in [6.45, 7) is 0.273. The Morgan fingerprint density at radius 3 is 2.88 bits per heavy atom. The van der Waals surface area contributed by atoms with Gasteiger partial charge in [0.2, 0.25) is 0 Å². The molecule has 2 heterocycles. The molecule has 2 unspecified atom stereocenters. The van der Waals surface area contributed by atoms with Gasteiger partial charge in [-0.2, -0.15) is 5.16 Å².